The maximum Gasteiger partial charge on any atom is 0.251 e. The molecule has 0 spiro atoms. The second kappa shape index (κ2) is 11.1. The first-order valence-electron chi connectivity index (χ1n) is 10.6. The number of carbonyl (C=O) groups excluding carboxylic acids is 2. The zero-order chi connectivity index (χ0) is 23.9. The maximum absolute atomic E-state index is 12.6. The van der Waals surface area contributed by atoms with Crippen molar-refractivity contribution >= 4 is 35.2 Å². The van der Waals surface area contributed by atoms with E-state index in [9.17, 15) is 9.59 Å². The molecular formula is C25H23ClN4O3S. The first kappa shape index (κ1) is 23.7. The van der Waals surface area contributed by atoms with Crippen molar-refractivity contribution < 1.29 is 14.0 Å². The number of nitrogens with one attached hydrogen (secondary N) is 2. The summed E-state index contributed by atoms with van der Waals surface area (Å²) in [5.41, 5.74) is 2.15. The Labute approximate surface area is 206 Å². The molecule has 7 nitrogen and oxygen atoms in total. The van der Waals surface area contributed by atoms with Gasteiger partial charge in [-0.3, -0.25) is 14.2 Å². The van der Waals surface area contributed by atoms with Gasteiger partial charge in [0.25, 0.3) is 5.91 Å². The van der Waals surface area contributed by atoms with Gasteiger partial charge in [-0.05, 0) is 48.9 Å². The third kappa shape index (κ3) is 6.09. The number of furan rings is 1. The van der Waals surface area contributed by atoms with Crippen LogP contribution in [0.5, 0.6) is 0 Å². The van der Waals surface area contributed by atoms with Crippen LogP contribution in [0.2, 0.25) is 5.02 Å². The van der Waals surface area contributed by atoms with Gasteiger partial charge in [-0.2, -0.15) is 0 Å². The van der Waals surface area contributed by atoms with Crippen molar-refractivity contribution in [2.45, 2.75) is 25.2 Å². The summed E-state index contributed by atoms with van der Waals surface area (Å²) in [5.74, 6) is 1.37. The summed E-state index contributed by atoms with van der Waals surface area (Å²) in [6.45, 7) is 2.53. The Balaban J connectivity index is 1.35. The van der Waals surface area contributed by atoms with E-state index in [0.717, 1.165) is 17.0 Å². The summed E-state index contributed by atoms with van der Waals surface area (Å²) in [7, 11) is 0. The molecule has 0 atom stereocenters. The number of hydrogen-bond acceptors (Lipinski definition) is 5. The van der Waals surface area contributed by atoms with E-state index in [0.29, 0.717) is 34.6 Å². The number of thioether (sulfide) groups is 1. The van der Waals surface area contributed by atoms with Gasteiger partial charge in [-0.1, -0.05) is 47.6 Å². The standard InChI is InChI=1S/C25H23ClN4O3S/c1-17-9-10-21(33-17)15-29-24(32)18-6-4-7-20(13-18)30-12-11-27-25(30)34-16-23(31)28-14-19-5-2-3-8-22(19)26/h2-13H,14-16H2,1H3,(H,28,31)(H,29,32). The van der Waals surface area contributed by atoms with Gasteiger partial charge in [0, 0.05) is 35.2 Å². The average molecular weight is 495 g/mol. The van der Waals surface area contributed by atoms with Gasteiger partial charge in [0.15, 0.2) is 5.16 Å². The predicted molar refractivity (Wildman–Crippen MR) is 132 cm³/mol. The number of nitrogens with zero attached hydrogens (tertiary/aromatic N) is 2. The average Bonchev–Trinajstić information content (AvgIpc) is 3.49. The Bertz CT molecular complexity index is 1300. The molecule has 0 radical (unpaired) electrons. The van der Waals surface area contributed by atoms with Crippen LogP contribution in [0.4, 0.5) is 0 Å². The molecule has 2 N–H and O–H groups in total. The number of hydrogen-bond donors (Lipinski definition) is 2. The highest BCUT2D eigenvalue weighted by Gasteiger charge is 2.12. The largest absolute Gasteiger partial charge is 0.465 e. The maximum atomic E-state index is 12.6. The molecule has 0 saturated heterocycles. The summed E-state index contributed by atoms with van der Waals surface area (Å²) >= 11 is 7.45. The zero-order valence-electron chi connectivity index (χ0n) is 18.5. The summed E-state index contributed by atoms with van der Waals surface area (Å²) in [5, 5.41) is 7.00. The third-order valence-corrected chi connectivity index (χ3v) is 6.31. The molecule has 0 unspecified atom stereocenters. The zero-order valence-corrected chi connectivity index (χ0v) is 20.0. The number of rotatable bonds is 9. The molecule has 0 bridgehead atoms. The summed E-state index contributed by atoms with van der Waals surface area (Å²) in [6, 6.07) is 18.3. The van der Waals surface area contributed by atoms with Gasteiger partial charge in [0.05, 0.1) is 12.3 Å². The number of benzene rings is 2. The van der Waals surface area contributed by atoms with Crippen LogP contribution in [0.25, 0.3) is 5.69 Å². The molecule has 0 aliphatic heterocycles. The first-order valence-corrected chi connectivity index (χ1v) is 12.0. The Morgan fingerprint density at radius 3 is 2.71 bits per heavy atom. The Hall–Kier alpha value is -3.49. The number of aryl methyl sites for hydroxylation is 1. The topological polar surface area (TPSA) is 89.2 Å². The van der Waals surface area contributed by atoms with Crippen LogP contribution in [0, 0.1) is 6.92 Å². The number of halogens is 1. The lowest BCUT2D eigenvalue weighted by molar-refractivity contribution is -0.118. The summed E-state index contributed by atoms with van der Waals surface area (Å²) in [6.07, 6.45) is 3.46. The van der Waals surface area contributed by atoms with Crippen molar-refractivity contribution in [1.29, 1.82) is 0 Å². The van der Waals surface area contributed by atoms with Gasteiger partial charge >= 0.3 is 0 Å². The minimum atomic E-state index is -0.204. The third-order valence-electron chi connectivity index (χ3n) is 4.98. The van der Waals surface area contributed by atoms with Crippen molar-refractivity contribution in [3.8, 4) is 5.69 Å². The number of aromatic nitrogens is 2. The van der Waals surface area contributed by atoms with Crippen molar-refractivity contribution in [2.24, 2.45) is 0 Å². The van der Waals surface area contributed by atoms with Gasteiger partial charge in [-0.25, -0.2) is 4.98 Å². The van der Waals surface area contributed by atoms with Gasteiger partial charge in [0.2, 0.25) is 5.91 Å². The molecule has 0 aliphatic carbocycles. The van der Waals surface area contributed by atoms with E-state index in [-0.39, 0.29) is 17.6 Å². The normalized spacial score (nSPS) is 10.8. The number of imidazole rings is 1. The molecule has 2 aromatic carbocycles. The van der Waals surface area contributed by atoms with Crippen molar-refractivity contribution in [1.82, 2.24) is 20.2 Å². The molecule has 4 rings (SSSR count). The first-order chi connectivity index (χ1) is 16.5. The molecule has 4 aromatic rings. The van der Waals surface area contributed by atoms with Crippen molar-refractivity contribution in [3.05, 3.63) is 101 Å². The van der Waals surface area contributed by atoms with E-state index in [2.05, 4.69) is 15.6 Å². The smallest absolute Gasteiger partial charge is 0.251 e. The number of amides is 2. The SMILES string of the molecule is Cc1ccc(CNC(=O)c2cccc(-n3ccnc3SCC(=O)NCc3ccccc3Cl)c2)o1. The van der Waals surface area contributed by atoms with E-state index >= 15 is 0 Å². The fraction of sp³-hybridized carbons (Fsp3) is 0.160. The molecular weight excluding hydrogens is 472 g/mol. The van der Waals surface area contributed by atoms with Crippen LogP contribution in [0.3, 0.4) is 0 Å². The Morgan fingerprint density at radius 2 is 1.91 bits per heavy atom. The molecule has 0 saturated carbocycles. The molecule has 2 aromatic heterocycles. The molecule has 2 amide bonds. The van der Waals surface area contributed by atoms with E-state index in [1.165, 1.54) is 11.8 Å². The van der Waals surface area contributed by atoms with E-state index in [1.54, 1.807) is 30.6 Å². The van der Waals surface area contributed by atoms with Crippen LogP contribution < -0.4 is 10.6 Å². The minimum Gasteiger partial charge on any atom is -0.465 e. The second-order valence-electron chi connectivity index (χ2n) is 7.48. The lowest BCUT2D eigenvalue weighted by atomic mass is 10.2. The van der Waals surface area contributed by atoms with Crippen LogP contribution in [0.1, 0.15) is 27.4 Å². The highest BCUT2D eigenvalue weighted by Crippen LogP contribution is 2.21. The molecule has 9 heteroatoms. The van der Waals surface area contributed by atoms with E-state index in [1.807, 2.05) is 54.0 Å². The van der Waals surface area contributed by atoms with Crippen molar-refractivity contribution in [2.75, 3.05) is 5.75 Å². The molecule has 2 heterocycles. The van der Waals surface area contributed by atoms with Crippen molar-refractivity contribution in [3.63, 3.8) is 0 Å². The number of carbonyl (C=O) groups is 2. The van der Waals surface area contributed by atoms with E-state index < -0.39 is 0 Å². The highest BCUT2D eigenvalue weighted by atomic mass is 35.5. The fourth-order valence-electron chi connectivity index (χ4n) is 3.26. The van der Waals surface area contributed by atoms with Gasteiger partial charge in [0.1, 0.15) is 11.5 Å². The Morgan fingerprint density at radius 1 is 1.06 bits per heavy atom. The summed E-state index contributed by atoms with van der Waals surface area (Å²) in [4.78, 5) is 29.3. The monoisotopic (exact) mass is 494 g/mol. The van der Waals surface area contributed by atoms with Crippen LogP contribution >= 0.6 is 23.4 Å². The highest BCUT2D eigenvalue weighted by molar-refractivity contribution is 7.99. The lowest BCUT2D eigenvalue weighted by Crippen LogP contribution is -2.24. The van der Waals surface area contributed by atoms with Crippen LogP contribution in [-0.2, 0) is 17.9 Å². The minimum absolute atomic E-state index is 0.124. The van der Waals surface area contributed by atoms with Gasteiger partial charge < -0.3 is 15.1 Å². The van der Waals surface area contributed by atoms with Crippen LogP contribution in [-0.4, -0.2) is 27.1 Å². The molecule has 174 valence electrons. The molecule has 0 fully saturated rings. The van der Waals surface area contributed by atoms with Gasteiger partial charge in [-0.15, -0.1) is 0 Å². The van der Waals surface area contributed by atoms with Crippen LogP contribution in [0.15, 0.2) is 82.6 Å². The quantitative estimate of drug-likeness (QED) is 0.327. The predicted octanol–water partition coefficient (Wildman–Crippen LogP) is 4.77. The lowest BCUT2D eigenvalue weighted by Gasteiger charge is -2.10. The van der Waals surface area contributed by atoms with E-state index in [4.69, 9.17) is 16.0 Å². The fourth-order valence-corrected chi connectivity index (χ4v) is 4.26. The molecule has 34 heavy (non-hydrogen) atoms. The second-order valence-corrected chi connectivity index (χ2v) is 8.83. The molecule has 0 aliphatic rings. The summed E-state index contributed by atoms with van der Waals surface area (Å²) < 4.78 is 7.34. The Kier molecular flexibility index (Phi) is 7.72.